The van der Waals surface area contributed by atoms with Gasteiger partial charge in [-0.3, -0.25) is 4.79 Å². The first-order valence-electron chi connectivity index (χ1n) is 15.9. The van der Waals surface area contributed by atoms with Crippen molar-refractivity contribution in [3.05, 3.63) is 130 Å². The van der Waals surface area contributed by atoms with E-state index in [0.717, 1.165) is 46.0 Å². The van der Waals surface area contributed by atoms with Crippen LogP contribution in [0.4, 0.5) is 0 Å². The van der Waals surface area contributed by atoms with Crippen molar-refractivity contribution < 1.29 is 14.3 Å². The zero-order valence-corrected chi connectivity index (χ0v) is 27.4. The maximum absolute atomic E-state index is 13.1. The number of carbonyl (C=O) groups excluding carboxylic acids is 2. The lowest BCUT2D eigenvalue weighted by Crippen LogP contribution is -2.22. The second kappa shape index (κ2) is 13.6. The molecule has 0 radical (unpaired) electrons. The average Bonchev–Trinajstić information content (AvgIpc) is 3.28. The van der Waals surface area contributed by atoms with Gasteiger partial charge in [-0.05, 0) is 83.3 Å². The standard InChI is InChI=1S/C40H44N2O3/c1-7-8-23-45-39(44)35-12-10-9-11-34(35)31-17-13-30(14-18-31)26-42-28(3)27(2)36-24-32(19-22-37(36)42)38(43)41-25-29-15-20-33(21-16-29)40(4,5)6/h9-22,24H,7-8,23,25-26H2,1-6H3,(H,41,43). The second-order valence-corrected chi connectivity index (χ2v) is 12.9. The monoisotopic (exact) mass is 600 g/mol. The maximum Gasteiger partial charge on any atom is 0.338 e. The van der Waals surface area contributed by atoms with Crippen LogP contribution in [0.15, 0.2) is 91.0 Å². The van der Waals surface area contributed by atoms with Gasteiger partial charge in [0.25, 0.3) is 5.91 Å². The smallest absolute Gasteiger partial charge is 0.338 e. The lowest BCUT2D eigenvalue weighted by Gasteiger charge is -2.19. The molecule has 0 aliphatic carbocycles. The van der Waals surface area contributed by atoms with E-state index in [1.807, 2.05) is 36.4 Å². The number of aryl methyl sites for hydroxylation is 1. The van der Waals surface area contributed by atoms with E-state index in [1.165, 1.54) is 16.8 Å². The highest BCUT2D eigenvalue weighted by Crippen LogP contribution is 2.29. The van der Waals surface area contributed by atoms with E-state index < -0.39 is 0 Å². The minimum Gasteiger partial charge on any atom is -0.462 e. The molecular weight excluding hydrogens is 556 g/mol. The minimum absolute atomic E-state index is 0.0771. The Hall–Kier alpha value is -4.64. The SMILES string of the molecule is CCCCOC(=O)c1ccccc1-c1ccc(Cn2c(C)c(C)c3cc(C(=O)NCc4ccc(C(C)(C)C)cc4)ccc32)cc1. The minimum atomic E-state index is -0.282. The van der Waals surface area contributed by atoms with Crippen molar-refractivity contribution in [3.8, 4) is 11.1 Å². The molecule has 5 nitrogen and oxygen atoms in total. The van der Waals surface area contributed by atoms with Gasteiger partial charge < -0.3 is 14.6 Å². The Morgan fingerprint density at radius 2 is 1.53 bits per heavy atom. The van der Waals surface area contributed by atoms with Gasteiger partial charge in [0, 0.05) is 35.2 Å². The molecule has 0 saturated heterocycles. The fraction of sp³-hybridized carbons (Fsp3) is 0.300. The van der Waals surface area contributed by atoms with E-state index in [0.29, 0.717) is 30.8 Å². The second-order valence-electron chi connectivity index (χ2n) is 12.9. The fourth-order valence-corrected chi connectivity index (χ4v) is 5.67. The summed E-state index contributed by atoms with van der Waals surface area (Å²) in [7, 11) is 0. The van der Waals surface area contributed by atoms with Gasteiger partial charge in [-0.25, -0.2) is 4.79 Å². The predicted octanol–water partition coefficient (Wildman–Crippen LogP) is 9.16. The maximum atomic E-state index is 13.1. The first kappa shape index (κ1) is 31.8. The molecule has 4 aromatic carbocycles. The quantitative estimate of drug-likeness (QED) is 0.128. The summed E-state index contributed by atoms with van der Waals surface area (Å²) in [6, 6.07) is 30.4. The van der Waals surface area contributed by atoms with Gasteiger partial charge in [0.15, 0.2) is 0 Å². The molecule has 0 bridgehead atoms. The van der Waals surface area contributed by atoms with Crippen LogP contribution in [-0.2, 0) is 23.2 Å². The molecule has 0 unspecified atom stereocenters. The Kier molecular flexibility index (Phi) is 9.57. The molecule has 1 heterocycles. The summed E-state index contributed by atoms with van der Waals surface area (Å²) in [5.74, 6) is -0.359. The Labute approximate surface area is 267 Å². The molecule has 5 rings (SSSR count). The van der Waals surface area contributed by atoms with Crippen molar-refractivity contribution in [3.63, 3.8) is 0 Å². The number of hydrogen-bond donors (Lipinski definition) is 1. The van der Waals surface area contributed by atoms with Gasteiger partial charge >= 0.3 is 5.97 Å². The van der Waals surface area contributed by atoms with E-state index in [4.69, 9.17) is 4.74 Å². The Morgan fingerprint density at radius 3 is 2.22 bits per heavy atom. The van der Waals surface area contributed by atoms with Crippen molar-refractivity contribution in [1.29, 1.82) is 0 Å². The van der Waals surface area contributed by atoms with Crippen LogP contribution in [0, 0.1) is 13.8 Å². The molecule has 5 aromatic rings. The van der Waals surface area contributed by atoms with E-state index in [1.54, 1.807) is 0 Å². The molecule has 5 heteroatoms. The largest absolute Gasteiger partial charge is 0.462 e. The fourth-order valence-electron chi connectivity index (χ4n) is 5.67. The van der Waals surface area contributed by atoms with Crippen LogP contribution in [-0.4, -0.2) is 23.1 Å². The molecule has 232 valence electrons. The van der Waals surface area contributed by atoms with E-state index in [2.05, 4.69) is 106 Å². The van der Waals surface area contributed by atoms with E-state index in [9.17, 15) is 9.59 Å². The molecule has 45 heavy (non-hydrogen) atoms. The molecule has 0 aliphatic rings. The van der Waals surface area contributed by atoms with E-state index >= 15 is 0 Å². The molecule has 0 saturated carbocycles. The summed E-state index contributed by atoms with van der Waals surface area (Å²) in [6.07, 6.45) is 1.84. The van der Waals surface area contributed by atoms with Crippen molar-refractivity contribution in [2.45, 2.75) is 72.9 Å². The van der Waals surface area contributed by atoms with Gasteiger partial charge in [-0.2, -0.15) is 0 Å². The van der Waals surface area contributed by atoms with Crippen LogP contribution < -0.4 is 5.32 Å². The zero-order chi connectivity index (χ0) is 32.1. The Morgan fingerprint density at radius 1 is 0.844 bits per heavy atom. The summed E-state index contributed by atoms with van der Waals surface area (Å²) >= 11 is 0. The summed E-state index contributed by atoms with van der Waals surface area (Å²) in [4.78, 5) is 25.9. The van der Waals surface area contributed by atoms with Crippen LogP contribution in [0.25, 0.3) is 22.0 Å². The van der Waals surface area contributed by atoms with Gasteiger partial charge in [0.2, 0.25) is 0 Å². The lowest BCUT2D eigenvalue weighted by atomic mass is 9.87. The lowest BCUT2D eigenvalue weighted by molar-refractivity contribution is 0.0500. The normalized spacial score (nSPS) is 11.5. The number of hydrogen-bond acceptors (Lipinski definition) is 3. The number of nitrogens with one attached hydrogen (secondary N) is 1. The summed E-state index contributed by atoms with van der Waals surface area (Å²) in [5, 5.41) is 4.17. The first-order chi connectivity index (χ1) is 21.6. The highest BCUT2D eigenvalue weighted by molar-refractivity contribution is 5.99. The summed E-state index contributed by atoms with van der Waals surface area (Å²) < 4.78 is 7.80. The van der Waals surface area contributed by atoms with Gasteiger partial charge in [0.1, 0.15) is 0 Å². The van der Waals surface area contributed by atoms with Crippen molar-refractivity contribution in [1.82, 2.24) is 9.88 Å². The molecule has 1 amide bonds. The number of benzene rings is 4. The highest BCUT2D eigenvalue weighted by atomic mass is 16.5. The highest BCUT2D eigenvalue weighted by Gasteiger charge is 2.17. The third-order valence-electron chi connectivity index (χ3n) is 8.66. The van der Waals surface area contributed by atoms with Crippen molar-refractivity contribution >= 4 is 22.8 Å². The number of rotatable bonds is 10. The first-order valence-corrected chi connectivity index (χ1v) is 15.9. The van der Waals surface area contributed by atoms with Crippen molar-refractivity contribution in [2.24, 2.45) is 0 Å². The number of carbonyl (C=O) groups is 2. The zero-order valence-electron chi connectivity index (χ0n) is 27.4. The number of ether oxygens (including phenoxy) is 1. The number of amides is 1. The third-order valence-corrected chi connectivity index (χ3v) is 8.66. The van der Waals surface area contributed by atoms with Gasteiger partial charge in [-0.1, -0.05) is 101 Å². The average molecular weight is 601 g/mol. The molecule has 0 spiro atoms. The molecular formula is C40H44N2O3. The van der Waals surface area contributed by atoms with Crippen LogP contribution in [0.1, 0.15) is 89.2 Å². The number of nitrogens with zero attached hydrogens (tertiary/aromatic N) is 1. The molecule has 0 atom stereocenters. The van der Waals surface area contributed by atoms with Crippen LogP contribution in [0.5, 0.6) is 0 Å². The topological polar surface area (TPSA) is 60.3 Å². The van der Waals surface area contributed by atoms with Crippen LogP contribution in [0.2, 0.25) is 0 Å². The molecule has 0 fully saturated rings. The summed E-state index contributed by atoms with van der Waals surface area (Å²) in [5.41, 5.74) is 10.2. The number of esters is 1. The van der Waals surface area contributed by atoms with Gasteiger partial charge in [0.05, 0.1) is 12.2 Å². The number of unbranched alkanes of at least 4 members (excludes halogenated alkanes) is 1. The Balaban J connectivity index is 1.30. The molecule has 0 aliphatic heterocycles. The van der Waals surface area contributed by atoms with Gasteiger partial charge in [-0.15, -0.1) is 0 Å². The molecule has 1 aromatic heterocycles. The van der Waals surface area contributed by atoms with Crippen LogP contribution >= 0.6 is 0 Å². The van der Waals surface area contributed by atoms with E-state index in [-0.39, 0.29) is 17.3 Å². The number of aromatic nitrogens is 1. The summed E-state index contributed by atoms with van der Waals surface area (Å²) in [6.45, 7) is 14.5. The third kappa shape index (κ3) is 7.20. The van der Waals surface area contributed by atoms with Crippen LogP contribution in [0.3, 0.4) is 0 Å². The predicted molar refractivity (Wildman–Crippen MR) is 184 cm³/mol. The van der Waals surface area contributed by atoms with Crippen molar-refractivity contribution in [2.75, 3.05) is 6.61 Å². The Bertz CT molecular complexity index is 1810. The molecule has 1 N–H and O–H groups in total. The number of fused-ring (bicyclic) bond motifs is 1.